The summed E-state index contributed by atoms with van der Waals surface area (Å²) < 4.78 is 4.66. The predicted octanol–water partition coefficient (Wildman–Crippen LogP) is 2.28. The van der Waals surface area contributed by atoms with Crippen molar-refractivity contribution in [3.05, 3.63) is 52.6 Å². The summed E-state index contributed by atoms with van der Waals surface area (Å²) in [6.07, 6.45) is 2.30. The topological polar surface area (TPSA) is 87.3 Å². The number of carbonyl (C=O) groups is 2. The lowest BCUT2D eigenvalue weighted by Gasteiger charge is -2.35. The van der Waals surface area contributed by atoms with Crippen molar-refractivity contribution in [1.29, 1.82) is 0 Å². The molecule has 3 rings (SSSR count). The van der Waals surface area contributed by atoms with E-state index in [2.05, 4.69) is 20.0 Å². The Morgan fingerprint density at radius 1 is 1.40 bits per heavy atom. The van der Waals surface area contributed by atoms with E-state index < -0.39 is 12.0 Å². The number of hydrogen-bond acceptors (Lipinski definition) is 4. The van der Waals surface area contributed by atoms with E-state index >= 15 is 0 Å². The molecule has 0 spiro atoms. The summed E-state index contributed by atoms with van der Waals surface area (Å²) >= 11 is 5.98. The monoisotopic (exact) mass is 362 g/mol. The number of imidazole rings is 1. The van der Waals surface area contributed by atoms with Gasteiger partial charge in [0.2, 0.25) is 0 Å². The van der Waals surface area contributed by atoms with Crippen molar-refractivity contribution in [1.82, 2.24) is 20.2 Å². The summed E-state index contributed by atoms with van der Waals surface area (Å²) in [7, 11) is 1.29. The summed E-state index contributed by atoms with van der Waals surface area (Å²) in [5.74, 6) is -0.492. The number of rotatable bonds is 3. The van der Waals surface area contributed by atoms with Gasteiger partial charge < -0.3 is 19.9 Å². The maximum Gasteiger partial charge on any atom is 0.328 e. The molecule has 0 radical (unpaired) electrons. The maximum atomic E-state index is 12.8. The van der Waals surface area contributed by atoms with Crippen LogP contribution in [0.5, 0.6) is 0 Å². The fourth-order valence-electron chi connectivity index (χ4n) is 2.98. The Labute approximate surface area is 150 Å². The summed E-state index contributed by atoms with van der Waals surface area (Å²) in [4.78, 5) is 33.5. The lowest BCUT2D eigenvalue weighted by molar-refractivity contribution is -0.142. The lowest BCUT2D eigenvalue weighted by Crippen LogP contribution is -2.50. The molecule has 0 bridgehead atoms. The summed E-state index contributed by atoms with van der Waals surface area (Å²) in [5.41, 5.74) is 2.71. The minimum Gasteiger partial charge on any atom is -0.467 e. The number of nitrogens with zero attached hydrogens (tertiary/aromatic N) is 2. The van der Waals surface area contributed by atoms with E-state index in [1.54, 1.807) is 30.3 Å². The molecule has 1 aromatic heterocycles. The quantitative estimate of drug-likeness (QED) is 0.820. The first-order chi connectivity index (χ1) is 12.0. The number of aromatic nitrogens is 2. The van der Waals surface area contributed by atoms with Gasteiger partial charge in [-0.2, -0.15) is 0 Å². The molecule has 2 atom stereocenters. The molecular formula is C17H19ClN4O3. The van der Waals surface area contributed by atoms with E-state index in [0.29, 0.717) is 18.0 Å². The molecule has 1 unspecified atom stereocenters. The number of halogens is 1. The Bertz CT molecular complexity index is 774. The molecule has 0 fully saturated rings. The number of urea groups is 1. The van der Waals surface area contributed by atoms with E-state index in [0.717, 1.165) is 17.0 Å². The van der Waals surface area contributed by atoms with Crippen molar-refractivity contribution in [3.63, 3.8) is 0 Å². The van der Waals surface area contributed by atoms with Gasteiger partial charge in [0.05, 0.1) is 19.1 Å². The zero-order valence-corrected chi connectivity index (χ0v) is 14.7. The van der Waals surface area contributed by atoms with Gasteiger partial charge in [-0.15, -0.1) is 0 Å². The minimum atomic E-state index is -0.732. The zero-order chi connectivity index (χ0) is 18.0. The number of esters is 1. The van der Waals surface area contributed by atoms with Gasteiger partial charge in [0.15, 0.2) is 0 Å². The number of nitrogens with one attached hydrogen (secondary N) is 2. The maximum absolute atomic E-state index is 12.8. The molecule has 25 heavy (non-hydrogen) atoms. The molecule has 132 valence electrons. The first kappa shape index (κ1) is 17.3. The Morgan fingerprint density at radius 2 is 2.12 bits per heavy atom. The third kappa shape index (κ3) is 3.46. The van der Waals surface area contributed by atoms with Crippen molar-refractivity contribution in [2.45, 2.75) is 25.4 Å². The second-order valence-electron chi connectivity index (χ2n) is 5.86. The van der Waals surface area contributed by atoms with E-state index in [-0.39, 0.29) is 12.1 Å². The van der Waals surface area contributed by atoms with Gasteiger partial charge in [-0.25, -0.2) is 14.6 Å². The smallest absolute Gasteiger partial charge is 0.328 e. The number of benzene rings is 1. The molecule has 0 saturated heterocycles. The van der Waals surface area contributed by atoms with Gasteiger partial charge in [-0.05, 0) is 24.6 Å². The van der Waals surface area contributed by atoms with Gasteiger partial charge in [0, 0.05) is 23.7 Å². The Morgan fingerprint density at radius 3 is 2.80 bits per heavy atom. The molecule has 1 aliphatic heterocycles. The Balaban J connectivity index is 1.90. The molecule has 1 aromatic carbocycles. The number of fused-ring (bicyclic) bond motifs is 1. The minimum absolute atomic E-state index is 0.341. The van der Waals surface area contributed by atoms with Crippen LogP contribution in [0, 0.1) is 0 Å². The first-order valence-corrected chi connectivity index (χ1v) is 8.31. The van der Waals surface area contributed by atoms with Crippen molar-refractivity contribution in [2.24, 2.45) is 0 Å². The third-order valence-corrected chi connectivity index (χ3v) is 4.52. The van der Waals surface area contributed by atoms with E-state index in [4.69, 9.17) is 11.6 Å². The van der Waals surface area contributed by atoms with Crippen LogP contribution in [0.15, 0.2) is 30.6 Å². The SMILES string of the molecule is COC(=O)[C@@H](C)NC(=O)N1CCc2[nH]cnc2C1c1ccc(Cl)cc1. The summed E-state index contributed by atoms with van der Waals surface area (Å²) in [6, 6.07) is 5.89. The third-order valence-electron chi connectivity index (χ3n) is 4.27. The van der Waals surface area contributed by atoms with E-state index in [9.17, 15) is 9.59 Å². The fraction of sp³-hybridized carbons (Fsp3) is 0.353. The fourth-order valence-corrected chi connectivity index (χ4v) is 3.11. The van der Waals surface area contributed by atoms with Crippen molar-refractivity contribution >= 4 is 23.6 Å². The number of H-pyrrole nitrogens is 1. The number of ether oxygens (including phenoxy) is 1. The average Bonchev–Trinajstić information content (AvgIpc) is 3.09. The van der Waals surface area contributed by atoms with Crippen LogP contribution >= 0.6 is 11.6 Å². The van der Waals surface area contributed by atoms with E-state index in [1.165, 1.54) is 7.11 Å². The lowest BCUT2D eigenvalue weighted by atomic mass is 9.96. The largest absolute Gasteiger partial charge is 0.467 e. The van der Waals surface area contributed by atoms with Crippen LogP contribution in [0.25, 0.3) is 0 Å². The van der Waals surface area contributed by atoms with Crippen LogP contribution in [0.4, 0.5) is 4.79 Å². The summed E-state index contributed by atoms with van der Waals surface area (Å²) in [5, 5.41) is 3.31. The second-order valence-corrected chi connectivity index (χ2v) is 6.29. The Hall–Kier alpha value is -2.54. The van der Waals surface area contributed by atoms with Crippen LogP contribution in [0.3, 0.4) is 0 Å². The van der Waals surface area contributed by atoms with Gasteiger partial charge in [-0.3, -0.25) is 0 Å². The standard InChI is InChI=1S/C17H19ClN4O3/c1-10(16(23)25-2)21-17(24)22-8-7-13-14(20-9-19-13)15(22)11-3-5-12(18)6-4-11/h3-6,9-10,15H,7-8H2,1-2H3,(H,19,20)(H,21,24)/t10-,15?/m1/s1. The average molecular weight is 363 g/mol. The molecule has 8 heteroatoms. The molecular weight excluding hydrogens is 344 g/mol. The molecule has 7 nitrogen and oxygen atoms in total. The Kier molecular flexibility index (Phi) is 4.94. The highest BCUT2D eigenvalue weighted by Crippen LogP contribution is 2.33. The molecule has 2 N–H and O–H groups in total. The van der Waals surface area contributed by atoms with Crippen molar-refractivity contribution < 1.29 is 14.3 Å². The second kappa shape index (κ2) is 7.14. The van der Waals surface area contributed by atoms with Crippen molar-refractivity contribution in [2.75, 3.05) is 13.7 Å². The number of amides is 2. The molecule has 0 saturated carbocycles. The van der Waals surface area contributed by atoms with Crippen LogP contribution in [-0.4, -0.2) is 46.6 Å². The van der Waals surface area contributed by atoms with Gasteiger partial charge in [0.25, 0.3) is 0 Å². The highest BCUT2D eigenvalue weighted by Gasteiger charge is 2.35. The van der Waals surface area contributed by atoms with Crippen molar-refractivity contribution in [3.8, 4) is 0 Å². The van der Waals surface area contributed by atoms with Gasteiger partial charge in [0.1, 0.15) is 12.1 Å². The molecule has 2 heterocycles. The van der Waals surface area contributed by atoms with Gasteiger partial charge in [-0.1, -0.05) is 23.7 Å². The van der Waals surface area contributed by atoms with Crippen LogP contribution in [-0.2, 0) is 16.0 Å². The van der Waals surface area contributed by atoms with Crippen LogP contribution < -0.4 is 5.32 Å². The first-order valence-electron chi connectivity index (χ1n) is 7.94. The van der Waals surface area contributed by atoms with E-state index in [1.807, 2.05) is 12.1 Å². The number of aromatic amines is 1. The number of hydrogen-bond donors (Lipinski definition) is 2. The highest BCUT2D eigenvalue weighted by atomic mass is 35.5. The summed E-state index contributed by atoms with van der Waals surface area (Å²) in [6.45, 7) is 2.09. The number of carbonyl (C=O) groups excluding carboxylic acids is 2. The van der Waals surface area contributed by atoms with Crippen LogP contribution in [0.1, 0.15) is 29.9 Å². The normalized spacial score (nSPS) is 17.6. The highest BCUT2D eigenvalue weighted by molar-refractivity contribution is 6.30. The zero-order valence-electron chi connectivity index (χ0n) is 14.0. The molecule has 2 amide bonds. The number of methoxy groups -OCH3 is 1. The van der Waals surface area contributed by atoms with Gasteiger partial charge >= 0.3 is 12.0 Å². The predicted molar refractivity (Wildman–Crippen MR) is 92.3 cm³/mol. The van der Waals surface area contributed by atoms with Crippen LogP contribution in [0.2, 0.25) is 5.02 Å². The molecule has 2 aromatic rings. The molecule has 0 aliphatic carbocycles. The molecule has 1 aliphatic rings.